The number of halogens is 3. The summed E-state index contributed by atoms with van der Waals surface area (Å²) in [5, 5.41) is 2.13. The van der Waals surface area contributed by atoms with Crippen molar-refractivity contribution in [1.29, 1.82) is 0 Å². The van der Waals surface area contributed by atoms with Crippen molar-refractivity contribution in [2.45, 2.75) is 0 Å². The molecule has 1 nitrogen and oxygen atoms in total. The van der Waals surface area contributed by atoms with Crippen molar-refractivity contribution in [1.82, 2.24) is 4.98 Å². The maximum absolute atomic E-state index is 14.1. The van der Waals surface area contributed by atoms with E-state index in [9.17, 15) is 13.2 Å². The first-order chi connectivity index (χ1) is 12.1. The van der Waals surface area contributed by atoms with Gasteiger partial charge in [0.1, 0.15) is 0 Å². The lowest BCUT2D eigenvalue weighted by atomic mass is 9.97. The van der Waals surface area contributed by atoms with Gasteiger partial charge in [0, 0.05) is 11.8 Å². The number of nitrogens with zero attached hydrogens (tertiary/aromatic N) is 1. The SMILES string of the molecule is Fc1ccc(-c2cc(-c3cccc4ccccc34)ccn2)c(F)c1F. The summed E-state index contributed by atoms with van der Waals surface area (Å²) in [7, 11) is 0. The molecule has 0 fully saturated rings. The minimum absolute atomic E-state index is 0.0685. The molecule has 3 aromatic carbocycles. The lowest BCUT2D eigenvalue weighted by molar-refractivity contribution is 0.449. The number of rotatable bonds is 2. The molecule has 25 heavy (non-hydrogen) atoms. The maximum atomic E-state index is 14.1. The molecule has 0 saturated heterocycles. The Kier molecular flexibility index (Phi) is 3.73. The monoisotopic (exact) mass is 335 g/mol. The Balaban J connectivity index is 1.89. The second-order valence-electron chi connectivity index (χ2n) is 5.68. The second-order valence-corrected chi connectivity index (χ2v) is 5.68. The van der Waals surface area contributed by atoms with Gasteiger partial charge in [-0.3, -0.25) is 4.98 Å². The Morgan fingerprint density at radius 3 is 2.36 bits per heavy atom. The van der Waals surface area contributed by atoms with E-state index in [0.717, 1.165) is 28.0 Å². The van der Waals surface area contributed by atoms with Crippen LogP contribution in [-0.4, -0.2) is 4.98 Å². The molecule has 0 saturated carbocycles. The second kappa shape index (κ2) is 6.06. The van der Waals surface area contributed by atoms with Gasteiger partial charge in [-0.05, 0) is 46.2 Å². The lowest BCUT2D eigenvalue weighted by Crippen LogP contribution is -1.95. The Morgan fingerprint density at radius 1 is 0.680 bits per heavy atom. The van der Waals surface area contributed by atoms with Crippen molar-refractivity contribution in [2.24, 2.45) is 0 Å². The van der Waals surface area contributed by atoms with Crippen molar-refractivity contribution < 1.29 is 13.2 Å². The highest BCUT2D eigenvalue weighted by Gasteiger charge is 2.16. The van der Waals surface area contributed by atoms with E-state index in [2.05, 4.69) is 4.98 Å². The summed E-state index contributed by atoms with van der Waals surface area (Å²) in [6.07, 6.45) is 1.53. The zero-order valence-electron chi connectivity index (χ0n) is 13.0. The highest BCUT2D eigenvalue weighted by Crippen LogP contribution is 2.31. The van der Waals surface area contributed by atoms with Crippen LogP contribution in [0.4, 0.5) is 13.2 Å². The van der Waals surface area contributed by atoms with E-state index < -0.39 is 17.5 Å². The number of hydrogen-bond acceptors (Lipinski definition) is 1. The van der Waals surface area contributed by atoms with E-state index in [4.69, 9.17) is 0 Å². The van der Waals surface area contributed by atoms with Crippen molar-refractivity contribution in [2.75, 3.05) is 0 Å². The first-order valence-corrected chi connectivity index (χ1v) is 7.73. The average Bonchev–Trinajstić information content (AvgIpc) is 2.66. The van der Waals surface area contributed by atoms with Crippen molar-refractivity contribution in [3.8, 4) is 22.4 Å². The average molecular weight is 335 g/mol. The molecule has 0 aliphatic rings. The number of aromatic nitrogens is 1. The Labute approximate surface area is 142 Å². The van der Waals surface area contributed by atoms with Gasteiger partial charge < -0.3 is 0 Å². The zero-order valence-corrected chi connectivity index (χ0v) is 13.0. The van der Waals surface area contributed by atoms with Gasteiger partial charge in [0.05, 0.1) is 5.69 Å². The number of fused-ring (bicyclic) bond motifs is 1. The molecule has 4 rings (SSSR count). The Morgan fingerprint density at radius 2 is 1.48 bits per heavy atom. The molecule has 4 heteroatoms. The molecule has 0 radical (unpaired) electrons. The van der Waals surface area contributed by atoms with Gasteiger partial charge in [0.2, 0.25) is 0 Å². The van der Waals surface area contributed by atoms with Crippen LogP contribution in [0.25, 0.3) is 33.2 Å². The third-order valence-corrected chi connectivity index (χ3v) is 4.17. The molecular formula is C21H12F3N. The lowest BCUT2D eigenvalue weighted by Gasteiger charge is -2.09. The fourth-order valence-corrected chi connectivity index (χ4v) is 2.95. The third-order valence-electron chi connectivity index (χ3n) is 4.17. The van der Waals surface area contributed by atoms with Gasteiger partial charge >= 0.3 is 0 Å². The standard InChI is InChI=1S/C21H12F3N/c22-18-9-8-17(20(23)21(18)24)19-12-14(10-11-25-19)16-7-3-5-13-4-1-2-6-15(13)16/h1-12H. The van der Waals surface area contributed by atoms with Crippen molar-refractivity contribution >= 4 is 10.8 Å². The molecule has 0 amide bonds. The molecule has 0 bridgehead atoms. The Bertz CT molecular complexity index is 1080. The van der Waals surface area contributed by atoms with E-state index in [1.54, 1.807) is 6.07 Å². The quantitative estimate of drug-likeness (QED) is 0.410. The summed E-state index contributed by atoms with van der Waals surface area (Å²) in [6.45, 7) is 0. The topological polar surface area (TPSA) is 12.9 Å². The van der Waals surface area contributed by atoms with Crippen LogP contribution in [0.2, 0.25) is 0 Å². The number of benzene rings is 3. The molecule has 0 N–H and O–H groups in total. The van der Waals surface area contributed by atoms with Crippen LogP contribution < -0.4 is 0 Å². The van der Waals surface area contributed by atoms with E-state index in [1.807, 2.05) is 48.5 Å². The highest BCUT2D eigenvalue weighted by atomic mass is 19.2. The van der Waals surface area contributed by atoms with Gasteiger partial charge in [-0.1, -0.05) is 42.5 Å². The van der Waals surface area contributed by atoms with Gasteiger partial charge in [-0.2, -0.15) is 0 Å². The first kappa shape index (κ1) is 15.4. The van der Waals surface area contributed by atoms with Crippen LogP contribution in [0, 0.1) is 17.5 Å². The fraction of sp³-hybridized carbons (Fsp3) is 0. The van der Waals surface area contributed by atoms with E-state index in [1.165, 1.54) is 12.3 Å². The summed E-state index contributed by atoms with van der Waals surface area (Å²) in [5.74, 6) is -3.94. The molecule has 1 aromatic heterocycles. The smallest absolute Gasteiger partial charge is 0.195 e. The molecule has 0 unspecified atom stereocenters. The molecule has 1 heterocycles. The molecule has 122 valence electrons. The largest absolute Gasteiger partial charge is 0.256 e. The summed E-state index contributed by atoms with van der Waals surface area (Å²) in [5.41, 5.74) is 1.97. The Hall–Kier alpha value is -3.14. The van der Waals surface area contributed by atoms with Gasteiger partial charge in [0.15, 0.2) is 17.5 Å². The number of hydrogen-bond donors (Lipinski definition) is 0. The van der Waals surface area contributed by atoms with Gasteiger partial charge in [0.25, 0.3) is 0 Å². The van der Waals surface area contributed by atoms with Gasteiger partial charge in [-0.25, -0.2) is 13.2 Å². The zero-order chi connectivity index (χ0) is 17.4. The molecule has 4 aromatic rings. The summed E-state index contributed by atoms with van der Waals surface area (Å²) in [6, 6.07) is 19.4. The minimum Gasteiger partial charge on any atom is -0.256 e. The fourth-order valence-electron chi connectivity index (χ4n) is 2.95. The molecule has 0 aliphatic heterocycles. The molecule has 0 atom stereocenters. The van der Waals surface area contributed by atoms with Crippen molar-refractivity contribution in [3.05, 3.63) is 90.4 Å². The van der Waals surface area contributed by atoms with Gasteiger partial charge in [-0.15, -0.1) is 0 Å². The number of pyridine rings is 1. The summed E-state index contributed by atoms with van der Waals surface area (Å²) >= 11 is 0. The minimum atomic E-state index is -1.49. The summed E-state index contributed by atoms with van der Waals surface area (Å²) in [4.78, 5) is 4.12. The predicted octanol–water partition coefficient (Wildman–Crippen LogP) is 5.99. The van der Waals surface area contributed by atoms with Crippen molar-refractivity contribution in [3.63, 3.8) is 0 Å². The van der Waals surface area contributed by atoms with E-state index in [-0.39, 0.29) is 11.3 Å². The third kappa shape index (κ3) is 2.66. The molecule has 0 aliphatic carbocycles. The first-order valence-electron chi connectivity index (χ1n) is 7.73. The highest BCUT2D eigenvalue weighted by molar-refractivity contribution is 5.97. The van der Waals surface area contributed by atoms with E-state index in [0.29, 0.717) is 0 Å². The van der Waals surface area contributed by atoms with Crippen LogP contribution in [0.3, 0.4) is 0 Å². The maximum Gasteiger partial charge on any atom is 0.195 e. The van der Waals surface area contributed by atoms with Crippen LogP contribution in [-0.2, 0) is 0 Å². The van der Waals surface area contributed by atoms with Crippen LogP contribution in [0.15, 0.2) is 72.9 Å². The predicted molar refractivity (Wildman–Crippen MR) is 92.5 cm³/mol. The van der Waals surface area contributed by atoms with Crippen LogP contribution >= 0.6 is 0 Å². The summed E-state index contributed by atoms with van der Waals surface area (Å²) < 4.78 is 40.8. The normalized spacial score (nSPS) is 11.0. The van der Waals surface area contributed by atoms with Crippen LogP contribution in [0.1, 0.15) is 0 Å². The van der Waals surface area contributed by atoms with Crippen LogP contribution in [0.5, 0.6) is 0 Å². The molecule has 0 spiro atoms. The molecular weight excluding hydrogens is 323 g/mol. The van der Waals surface area contributed by atoms with E-state index >= 15 is 0 Å².